The fourth-order valence-electron chi connectivity index (χ4n) is 3.42. The molecule has 0 spiro atoms. The van der Waals surface area contributed by atoms with Gasteiger partial charge in [0.2, 0.25) is 10.0 Å². The van der Waals surface area contributed by atoms with Crippen LogP contribution in [0.2, 0.25) is 0 Å². The van der Waals surface area contributed by atoms with E-state index in [4.69, 9.17) is 0 Å². The fourth-order valence-corrected chi connectivity index (χ4v) is 6.01. The third-order valence-corrected chi connectivity index (χ3v) is 8.04. The van der Waals surface area contributed by atoms with Crippen LogP contribution in [0.4, 0.5) is 22.6 Å². The van der Waals surface area contributed by atoms with Crippen LogP contribution in [-0.4, -0.2) is 24.1 Å². The molecule has 2 heterocycles. The van der Waals surface area contributed by atoms with Crippen LogP contribution in [0.1, 0.15) is 18.1 Å². The van der Waals surface area contributed by atoms with Gasteiger partial charge in [-0.2, -0.15) is 13.2 Å². The van der Waals surface area contributed by atoms with Crippen molar-refractivity contribution in [3.8, 4) is 11.1 Å². The Bertz CT molecular complexity index is 1400. The second-order valence-electron chi connectivity index (χ2n) is 7.12. The number of hydrogen-bond donors (Lipinski definition) is 0. The molecule has 0 aliphatic rings. The highest BCUT2D eigenvalue weighted by Gasteiger charge is 2.35. The molecule has 0 atom stereocenters. The van der Waals surface area contributed by atoms with Gasteiger partial charge in [-0.15, -0.1) is 11.3 Å². The van der Waals surface area contributed by atoms with E-state index in [0.29, 0.717) is 28.3 Å². The number of halogens is 4. The van der Waals surface area contributed by atoms with Crippen LogP contribution in [-0.2, 0) is 22.7 Å². The average Bonchev–Trinajstić information content (AvgIpc) is 3.17. The number of hydrogen-bond acceptors (Lipinski definition) is 5. The molecule has 0 unspecified atom stereocenters. The first-order chi connectivity index (χ1) is 15.6. The molecule has 4 aromatic rings. The van der Waals surface area contributed by atoms with Crippen molar-refractivity contribution in [1.29, 1.82) is 0 Å². The van der Waals surface area contributed by atoms with Crippen LogP contribution in [0.15, 0.2) is 61.2 Å². The Labute approximate surface area is 191 Å². The molecule has 172 valence electrons. The van der Waals surface area contributed by atoms with E-state index in [2.05, 4.69) is 9.97 Å². The third kappa shape index (κ3) is 4.55. The lowest BCUT2D eigenvalue weighted by Gasteiger charge is -2.24. The number of rotatable bonds is 6. The Morgan fingerprint density at radius 3 is 2.42 bits per heavy atom. The minimum atomic E-state index is -4.90. The molecule has 0 amide bonds. The van der Waals surface area contributed by atoms with Gasteiger partial charge in [0.25, 0.3) is 0 Å². The van der Waals surface area contributed by atoms with Crippen molar-refractivity contribution in [1.82, 2.24) is 9.97 Å². The SMILES string of the molecule is CCS(=O)(=O)N(Cc1ccc(F)c(C(F)(F)F)c1)c1sc2ccccc2c1-c1cncnc1. The quantitative estimate of drug-likeness (QED) is 0.314. The smallest absolute Gasteiger partial charge is 0.256 e. The first-order valence-corrected chi connectivity index (χ1v) is 12.2. The summed E-state index contributed by atoms with van der Waals surface area (Å²) < 4.78 is 81.6. The second-order valence-corrected chi connectivity index (χ2v) is 10.3. The van der Waals surface area contributed by atoms with Gasteiger partial charge >= 0.3 is 6.18 Å². The predicted molar refractivity (Wildman–Crippen MR) is 120 cm³/mol. The molecule has 2 aromatic carbocycles. The molecule has 2 aromatic heterocycles. The molecule has 0 radical (unpaired) electrons. The Balaban J connectivity index is 1.92. The molecule has 0 saturated carbocycles. The molecule has 0 N–H and O–H groups in total. The zero-order chi connectivity index (χ0) is 23.8. The molecule has 5 nitrogen and oxygen atoms in total. The Hall–Kier alpha value is -3.05. The normalized spacial score (nSPS) is 12.3. The van der Waals surface area contributed by atoms with Crippen molar-refractivity contribution >= 4 is 36.4 Å². The average molecular weight is 496 g/mol. The first kappa shape index (κ1) is 23.1. The zero-order valence-corrected chi connectivity index (χ0v) is 18.8. The van der Waals surface area contributed by atoms with Crippen molar-refractivity contribution in [2.75, 3.05) is 10.1 Å². The number of alkyl halides is 3. The highest BCUT2D eigenvalue weighted by molar-refractivity contribution is 7.92. The number of benzene rings is 2. The van der Waals surface area contributed by atoms with Crippen LogP contribution in [0.3, 0.4) is 0 Å². The highest BCUT2D eigenvalue weighted by atomic mass is 32.2. The van der Waals surface area contributed by atoms with Gasteiger partial charge in [0.05, 0.1) is 17.9 Å². The maximum Gasteiger partial charge on any atom is 0.419 e. The molecule has 0 aliphatic carbocycles. The van der Waals surface area contributed by atoms with Gasteiger partial charge in [-0.3, -0.25) is 4.31 Å². The molecule has 0 aliphatic heterocycles. The lowest BCUT2D eigenvalue weighted by atomic mass is 10.1. The van der Waals surface area contributed by atoms with Crippen LogP contribution in [0.25, 0.3) is 21.2 Å². The molecule has 11 heteroatoms. The second kappa shape index (κ2) is 8.71. The summed E-state index contributed by atoms with van der Waals surface area (Å²) in [4.78, 5) is 8.04. The summed E-state index contributed by atoms with van der Waals surface area (Å²) in [6.07, 6.45) is -0.475. The third-order valence-electron chi connectivity index (χ3n) is 5.02. The van der Waals surface area contributed by atoms with Crippen molar-refractivity contribution in [2.24, 2.45) is 0 Å². The maximum atomic E-state index is 13.8. The van der Waals surface area contributed by atoms with E-state index in [0.717, 1.165) is 20.5 Å². The summed E-state index contributed by atoms with van der Waals surface area (Å²) in [6.45, 7) is 1.06. The van der Waals surface area contributed by atoms with E-state index in [1.165, 1.54) is 24.6 Å². The van der Waals surface area contributed by atoms with Crippen molar-refractivity contribution < 1.29 is 26.0 Å². The van der Waals surface area contributed by atoms with Crippen molar-refractivity contribution in [3.05, 3.63) is 78.1 Å². The Kier molecular flexibility index (Phi) is 6.10. The van der Waals surface area contributed by atoms with Crippen LogP contribution < -0.4 is 4.31 Å². The number of fused-ring (bicyclic) bond motifs is 1. The van der Waals surface area contributed by atoms with Crippen LogP contribution in [0, 0.1) is 5.82 Å². The standard InChI is InChI=1S/C22H17F4N3O2S2/c1-2-33(30,31)29(12-14-7-8-18(23)17(9-14)22(24,25)26)21-20(15-10-27-13-28-11-15)16-5-3-4-6-19(16)32-21/h3-11,13H,2,12H2,1H3. The summed E-state index contributed by atoms with van der Waals surface area (Å²) in [6, 6.07) is 9.77. The van der Waals surface area contributed by atoms with Gasteiger partial charge in [0, 0.05) is 33.6 Å². The van der Waals surface area contributed by atoms with Crippen LogP contribution >= 0.6 is 11.3 Å². The van der Waals surface area contributed by atoms with Gasteiger partial charge in [-0.1, -0.05) is 24.3 Å². The topological polar surface area (TPSA) is 63.2 Å². The molecule has 0 fully saturated rings. The largest absolute Gasteiger partial charge is 0.419 e. The lowest BCUT2D eigenvalue weighted by molar-refractivity contribution is -0.140. The van der Waals surface area contributed by atoms with Gasteiger partial charge < -0.3 is 0 Å². The predicted octanol–water partition coefficient (Wildman–Crippen LogP) is 5.87. The van der Waals surface area contributed by atoms with E-state index < -0.39 is 34.1 Å². The Morgan fingerprint density at radius 2 is 1.76 bits per heavy atom. The maximum absolute atomic E-state index is 13.8. The fraction of sp³-hybridized carbons (Fsp3) is 0.182. The van der Waals surface area contributed by atoms with E-state index in [-0.39, 0.29) is 11.3 Å². The van der Waals surface area contributed by atoms with E-state index in [1.54, 1.807) is 18.5 Å². The minimum absolute atomic E-state index is 0.00784. The van der Waals surface area contributed by atoms with Gasteiger partial charge in [0.15, 0.2) is 0 Å². The minimum Gasteiger partial charge on any atom is -0.256 e. The summed E-state index contributed by atoms with van der Waals surface area (Å²) in [5.41, 5.74) is -0.307. The number of nitrogens with zero attached hydrogens (tertiary/aromatic N) is 3. The molecule has 0 bridgehead atoms. The molecular formula is C22H17F4N3O2S2. The van der Waals surface area contributed by atoms with Crippen LogP contribution in [0.5, 0.6) is 0 Å². The summed E-state index contributed by atoms with van der Waals surface area (Å²) in [5.74, 6) is -1.70. The van der Waals surface area contributed by atoms with Gasteiger partial charge in [-0.05, 0) is 30.7 Å². The summed E-state index contributed by atoms with van der Waals surface area (Å²) in [7, 11) is -3.92. The number of aromatic nitrogens is 2. The number of sulfonamides is 1. The van der Waals surface area contributed by atoms with Crippen molar-refractivity contribution in [3.63, 3.8) is 0 Å². The first-order valence-electron chi connectivity index (χ1n) is 9.74. The number of thiophene rings is 1. The molecule has 0 saturated heterocycles. The van der Waals surface area contributed by atoms with Gasteiger partial charge in [-0.25, -0.2) is 22.8 Å². The number of anilines is 1. The van der Waals surface area contributed by atoms with Gasteiger partial charge in [0.1, 0.15) is 17.1 Å². The highest BCUT2D eigenvalue weighted by Crippen LogP contribution is 2.46. The zero-order valence-electron chi connectivity index (χ0n) is 17.2. The Morgan fingerprint density at radius 1 is 1.06 bits per heavy atom. The van der Waals surface area contributed by atoms with Crippen molar-refractivity contribution in [2.45, 2.75) is 19.6 Å². The monoisotopic (exact) mass is 495 g/mol. The molecule has 4 rings (SSSR count). The lowest BCUT2D eigenvalue weighted by Crippen LogP contribution is -2.31. The molecular weight excluding hydrogens is 478 g/mol. The summed E-state index contributed by atoms with van der Waals surface area (Å²) in [5, 5.41) is 1.09. The molecule has 33 heavy (non-hydrogen) atoms. The van der Waals surface area contributed by atoms with E-state index in [9.17, 15) is 26.0 Å². The van der Waals surface area contributed by atoms with E-state index in [1.807, 2.05) is 18.2 Å². The summed E-state index contributed by atoms with van der Waals surface area (Å²) >= 11 is 1.20. The van der Waals surface area contributed by atoms with E-state index >= 15 is 0 Å².